The molecule has 0 aliphatic carbocycles. The Kier molecular flexibility index (Phi) is 6.96. The summed E-state index contributed by atoms with van der Waals surface area (Å²) >= 11 is 0. The van der Waals surface area contributed by atoms with Gasteiger partial charge in [-0.2, -0.15) is 13.2 Å². The van der Waals surface area contributed by atoms with Crippen molar-refractivity contribution in [3.8, 4) is 0 Å². The fourth-order valence-corrected chi connectivity index (χ4v) is 4.00. The zero-order valence-electron chi connectivity index (χ0n) is 18.1. The van der Waals surface area contributed by atoms with Crippen molar-refractivity contribution >= 4 is 33.2 Å². The van der Waals surface area contributed by atoms with Crippen molar-refractivity contribution in [3.05, 3.63) is 89.5 Å². The van der Waals surface area contributed by atoms with Crippen molar-refractivity contribution in [3.63, 3.8) is 0 Å². The van der Waals surface area contributed by atoms with Gasteiger partial charge in [0.15, 0.2) is 0 Å². The highest BCUT2D eigenvalue weighted by Crippen LogP contribution is 2.31. The predicted molar refractivity (Wildman–Crippen MR) is 121 cm³/mol. The second kappa shape index (κ2) is 9.56. The van der Waals surface area contributed by atoms with Crippen LogP contribution in [0.2, 0.25) is 0 Å². The zero-order chi connectivity index (χ0) is 25.1. The number of nitrogens with zero attached hydrogens (tertiary/aromatic N) is 1. The Morgan fingerprint density at radius 2 is 1.44 bits per heavy atom. The average molecular weight is 491 g/mol. The molecular formula is C23H20F3N3O4S. The lowest BCUT2D eigenvalue weighted by molar-refractivity contribution is -0.137. The van der Waals surface area contributed by atoms with Crippen molar-refractivity contribution < 1.29 is 31.2 Å². The van der Waals surface area contributed by atoms with Gasteiger partial charge in [0, 0.05) is 36.6 Å². The molecule has 0 spiro atoms. The Balaban J connectivity index is 1.74. The molecule has 0 saturated carbocycles. The van der Waals surface area contributed by atoms with Gasteiger partial charge in [-0.1, -0.05) is 12.1 Å². The van der Waals surface area contributed by atoms with Gasteiger partial charge in [-0.25, -0.2) is 8.42 Å². The molecule has 0 aliphatic rings. The predicted octanol–water partition coefficient (Wildman–Crippen LogP) is 4.46. The van der Waals surface area contributed by atoms with Crippen LogP contribution < -0.4 is 10.0 Å². The maximum Gasteiger partial charge on any atom is 0.416 e. The number of alkyl halides is 3. The van der Waals surface area contributed by atoms with E-state index in [-0.39, 0.29) is 22.1 Å². The fourth-order valence-electron chi connectivity index (χ4n) is 2.95. The molecule has 3 aromatic carbocycles. The van der Waals surface area contributed by atoms with Crippen LogP contribution in [0.5, 0.6) is 0 Å². The second-order valence-electron chi connectivity index (χ2n) is 7.44. The normalized spacial score (nSPS) is 11.6. The van der Waals surface area contributed by atoms with Crippen LogP contribution in [0.15, 0.2) is 77.7 Å². The van der Waals surface area contributed by atoms with Gasteiger partial charge in [-0.05, 0) is 60.7 Å². The van der Waals surface area contributed by atoms with Crippen molar-refractivity contribution in [2.45, 2.75) is 11.1 Å². The molecule has 34 heavy (non-hydrogen) atoms. The first kappa shape index (κ1) is 24.8. The number of nitrogens with one attached hydrogen (secondary N) is 2. The van der Waals surface area contributed by atoms with Gasteiger partial charge in [0.05, 0.1) is 10.5 Å². The lowest BCUT2D eigenvalue weighted by atomic mass is 10.1. The number of rotatable bonds is 6. The van der Waals surface area contributed by atoms with Crippen LogP contribution >= 0.6 is 0 Å². The third kappa shape index (κ3) is 5.93. The van der Waals surface area contributed by atoms with E-state index in [4.69, 9.17) is 0 Å². The highest BCUT2D eigenvalue weighted by Gasteiger charge is 2.30. The Morgan fingerprint density at radius 3 is 2.06 bits per heavy atom. The Morgan fingerprint density at radius 1 is 0.824 bits per heavy atom. The molecular weight excluding hydrogens is 471 g/mol. The van der Waals surface area contributed by atoms with E-state index in [0.29, 0.717) is 17.3 Å². The lowest BCUT2D eigenvalue weighted by Crippen LogP contribution is -2.22. The topological polar surface area (TPSA) is 95.6 Å². The molecule has 0 aliphatic heterocycles. The molecule has 0 radical (unpaired) electrons. The molecule has 3 rings (SSSR count). The molecule has 0 atom stereocenters. The molecule has 2 amide bonds. The highest BCUT2D eigenvalue weighted by molar-refractivity contribution is 7.92. The molecule has 178 valence electrons. The standard InChI is InChI=1S/C23H20F3N3O4S/c1-29(2)22(31)16-5-3-7-18(13-16)27-21(30)15-9-11-20(12-10-15)34(32,33)28-19-8-4-6-17(14-19)23(24,25)26/h3-14,28H,1-2H3,(H,27,30). The van der Waals surface area contributed by atoms with Gasteiger partial charge >= 0.3 is 6.18 Å². The minimum atomic E-state index is -4.62. The first-order valence-electron chi connectivity index (χ1n) is 9.80. The zero-order valence-corrected chi connectivity index (χ0v) is 18.9. The lowest BCUT2D eigenvalue weighted by Gasteiger charge is -2.12. The van der Waals surface area contributed by atoms with Gasteiger partial charge < -0.3 is 10.2 Å². The third-order valence-electron chi connectivity index (χ3n) is 4.64. The fraction of sp³-hybridized carbons (Fsp3) is 0.130. The minimum Gasteiger partial charge on any atom is -0.345 e. The molecule has 2 N–H and O–H groups in total. The van der Waals surface area contributed by atoms with Crippen molar-refractivity contribution in [1.82, 2.24) is 4.90 Å². The second-order valence-corrected chi connectivity index (χ2v) is 9.13. The Labute approximate surface area is 194 Å². The third-order valence-corrected chi connectivity index (χ3v) is 6.04. The van der Waals surface area contributed by atoms with Crippen molar-refractivity contribution in [2.75, 3.05) is 24.1 Å². The number of halogens is 3. The van der Waals surface area contributed by atoms with E-state index in [1.807, 2.05) is 0 Å². The van der Waals surface area contributed by atoms with Crippen LogP contribution in [-0.2, 0) is 16.2 Å². The SMILES string of the molecule is CN(C)C(=O)c1cccc(NC(=O)c2ccc(S(=O)(=O)Nc3cccc(C(F)(F)F)c3)cc2)c1. The summed E-state index contributed by atoms with van der Waals surface area (Å²) in [5, 5.41) is 2.63. The van der Waals surface area contributed by atoms with E-state index in [2.05, 4.69) is 10.0 Å². The van der Waals surface area contributed by atoms with Crippen LogP contribution in [0.4, 0.5) is 24.5 Å². The molecule has 0 bridgehead atoms. The molecule has 0 aromatic heterocycles. The Hall–Kier alpha value is -3.86. The van der Waals surface area contributed by atoms with Gasteiger partial charge in [-0.15, -0.1) is 0 Å². The summed E-state index contributed by atoms with van der Waals surface area (Å²) in [5.41, 5.74) is -0.340. The van der Waals surface area contributed by atoms with Crippen molar-refractivity contribution in [1.29, 1.82) is 0 Å². The molecule has 0 saturated heterocycles. The summed E-state index contributed by atoms with van der Waals surface area (Å²) < 4.78 is 65.8. The summed E-state index contributed by atoms with van der Waals surface area (Å²) in [6.07, 6.45) is -4.62. The first-order chi connectivity index (χ1) is 15.9. The number of hydrogen-bond acceptors (Lipinski definition) is 4. The maximum atomic E-state index is 12.9. The minimum absolute atomic E-state index is 0.141. The van der Waals surface area contributed by atoms with Crippen molar-refractivity contribution in [2.24, 2.45) is 0 Å². The van der Waals surface area contributed by atoms with E-state index in [1.54, 1.807) is 32.3 Å². The van der Waals surface area contributed by atoms with Crippen LogP contribution in [-0.4, -0.2) is 39.2 Å². The number of hydrogen-bond donors (Lipinski definition) is 2. The van der Waals surface area contributed by atoms with Gasteiger partial charge in [-0.3, -0.25) is 14.3 Å². The van der Waals surface area contributed by atoms with Gasteiger partial charge in [0.2, 0.25) is 0 Å². The van der Waals surface area contributed by atoms with Crippen LogP contribution in [0, 0.1) is 0 Å². The van der Waals surface area contributed by atoms with E-state index in [9.17, 15) is 31.2 Å². The Bertz CT molecular complexity index is 1320. The number of carbonyl (C=O) groups is 2. The molecule has 3 aromatic rings. The van der Waals surface area contributed by atoms with Gasteiger partial charge in [0.25, 0.3) is 21.8 Å². The molecule has 11 heteroatoms. The number of sulfonamides is 1. The summed E-state index contributed by atoms with van der Waals surface area (Å²) in [6, 6.07) is 15.0. The van der Waals surface area contributed by atoms with E-state index in [0.717, 1.165) is 24.3 Å². The van der Waals surface area contributed by atoms with E-state index < -0.39 is 27.7 Å². The summed E-state index contributed by atoms with van der Waals surface area (Å²) in [5.74, 6) is -0.775. The number of anilines is 2. The molecule has 7 nitrogen and oxygen atoms in total. The average Bonchev–Trinajstić information content (AvgIpc) is 2.78. The summed E-state index contributed by atoms with van der Waals surface area (Å²) in [7, 11) is -0.987. The molecule has 0 heterocycles. The first-order valence-corrected chi connectivity index (χ1v) is 11.3. The summed E-state index contributed by atoms with van der Waals surface area (Å²) in [4.78, 5) is 25.8. The van der Waals surface area contributed by atoms with E-state index in [1.165, 1.54) is 29.2 Å². The molecule has 0 unspecified atom stereocenters. The van der Waals surface area contributed by atoms with E-state index >= 15 is 0 Å². The monoisotopic (exact) mass is 491 g/mol. The smallest absolute Gasteiger partial charge is 0.345 e. The van der Waals surface area contributed by atoms with Crippen LogP contribution in [0.25, 0.3) is 0 Å². The quantitative estimate of drug-likeness (QED) is 0.532. The van der Waals surface area contributed by atoms with Crippen LogP contribution in [0.1, 0.15) is 26.3 Å². The summed E-state index contributed by atoms with van der Waals surface area (Å²) in [6.45, 7) is 0. The highest BCUT2D eigenvalue weighted by atomic mass is 32.2. The maximum absolute atomic E-state index is 12.9. The number of carbonyl (C=O) groups excluding carboxylic acids is 2. The number of benzene rings is 3. The molecule has 0 fully saturated rings. The largest absolute Gasteiger partial charge is 0.416 e. The van der Waals surface area contributed by atoms with Crippen LogP contribution in [0.3, 0.4) is 0 Å². The number of amides is 2. The van der Waals surface area contributed by atoms with Gasteiger partial charge in [0.1, 0.15) is 0 Å².